The summed E-state index contributed by atoms with van der Waals surface area (Å²) < 4.78 is 0. The Bertz CT molecular complexity index is 267. The molecule has 0 unspecified atom stereocenters. The van der Waals surface area contributed by atoms with E-state index in [0.29, 0.717) is 0 Å². The van der Waals surface area contributed by atoms with Gasteiger partial charge in [0.15, 0.2) is 0 Å². The molecule has 0 saturated heterocycles. The summed E-state index contributed by atoms with van der Waals surface area (Å²) in [7, 11) is 0. The first-order valence-corrected chi connectivity index (χ1v) is 5.36. The predicted molar refractivity (Wildman–Crippen MR) is 53.2 cm³/mol. The highest BCUT2D eigenvalue weighted by Gasteiger charge is 2.13. The molecule has 1 aliphatic heterocycles. The van der Waals surface area contributed by atoms with Gasteiger partial charge in [0.25, 0.3) is 0 Å². The van der Waals surface area contributed by atoms with Crippen LogP contribution >= 0.6 is 11.8 Å². The van der Waals surface area contributed by atoms with Gasteiger partial charge in [-0.1, -0.05) is 6.08 Å². The zero-order valence-electron chi connectivity index (χ0n) is 7.54. The summed E-state index contributed by atoms with van der Waals surface area (Å²) in [5, 5.41) is 11.1. The Morgan fingerprint density at radius 3 is 3.15 bits per heavy atom. The van der Waals surface area contributed by atoms with Gasteiger partial charge in [-0.25, -0.2) is 0 Å². The average molecular weight is 196 g/mol. The van der Waals surface area contributed by atoms with E-state index >= 15 is 0 Å². The van der Waals surface area contributed by atoms with Crippen molar-refractivity contribution >= 4 is 17.7 Å². The van der Waals surface area contributed by atoms with Crippen LogP contribution in [0.2, 0.25) is 0 Å². The standard InChI is InChI=1S/C9H12N2OS/c1-7(5-10)11-9(12)8-3-2-4-13-6-8/h3,7H,2,4,6H2,1H3,(H,11,12)/t7-/m1/s1. The molecule has 1 amide bonds. The van der Waals surface area contributed by atoms with Crippen LogP contribution in [0.1, 0.15) is 13.3 Å². The van der Waals surface area contributed by atoms with E-state index in [1.165, 1.54) is 0 Å². The van der Waals surface area contributed by atoms with Gasteiger partial charge in [-0.05, 0) is 19.1 Å². The molecule has 1 rings (SSSR count). The van der Waals surface area contributed by atoms with Gasteiger partial charge < -0.3 is 5.32 Å². The monoisotopic (exact) mass is 196 g/mol. The second-order valence-corrected chi connectivity index (χ2v) is 4.00. The van der Waals surface area contributed by atoms with Crippen molar-refractivity contribution in [1.29, 1.82) is 5.26 Å². The van der Waals surface area contributed by atoms with Crippen LogP contribution < -0.4 is 5.32 Å². The van der Waals surface area contributed by atoms with E-state index in [2.05, 4.69) is 5.32 Å². The van der Waals surface area contributed by atoms with Crippen LogP contribution in [0.3, 0.4) is 0 Å². The molecule has 0 radical (unpaired) electrons. The van der Waals surface area contributed by atoms with Crippen LogP contribution in [0.5, 0.6) is 0 Å². The fraction of sp³-hybridized carbons (Fsp3) is 0.556. The summed E-state index contributed by atoms with van der Waals surface area (Å²) >= 11 is 1.75. The topological polar surface area (TPSA) is 52.9 Å². The maximum Gasteiger partial charge on any atom is 0.248 e. The van der Waals surface area contributed by atoms with E-state index in [1.54, 1.807) is 18.7 Å². The van der Waals surface area contributed by atoms with Gasteiger partial charge in [0.1, 0.15) is 6.04 Å². The van der Waals surface area contributed by atoms with Gasteiger partial charge in [0, 0.05) is 11.3 Å². The van der Waals surface area contributed by atoms with E-state index < -0.39 is 6.04 Å². The number of nitriles is 1. The van der Waals surface area contributed by atoms with Gasteiger partial charge in [-0.3, -0.25) is 4.79 Å². The lowest BCUT2D eigenvalue weighted by molar-refractivity contribution is -0.117. The van der Waals surface area contributed by atoms with Gasteiger partial charge in [0.05, 0.1) is 6.07 Å². The van der Waals surface area contributed by atoms with Crippen molar-refractivity contribution < 1.29 is 4.79 Å². The van der Waals surface area contributed by atoms with Crippen molar-refractivity contribution in [3.63, 3.8) is 0 Å². The van der Waals surface area contributed by atoms with Crippen LogP contribution in [-0.4, -0.2) is 23.5 Å². The Morgan fingerprint density at radius 1 is 1.85 bits per heavy atom. The zero-order chi connectivity index (χ0) is 9.68. The van der Waals surface area contributed by atoms with Crippen LogP contribution in [0, 0.1) is 11.3 Å². The molecular formula is C9H12N2OS. The minimum absolute atomic E-state index is 0.0961. The maximum absolute atomic E-state index is 11.4. The van der Waals surface area contributed by atoms with Crippen molar-refractivity contribution in [2.24, 2.45) is 0 Å². The molecule has 13 heavy (non-hydrogen) atoms. The lowest BCUT2D eigenvalue weighted by Gasteiger charge is -2.13. The smallest absolute Gasteiger partial charge is 0.248 e. The Kier molecular flexibility index (Phi) is 3.84. The largest absolute Gasteiger partial charge is 0.337 e. The van der Waals surface area contributed by atoms with Crippen LogP contribution in [0.15, 0.2) is 11.6 Å². The normalized spacial score (nSPS) is 18.3. The molecule has 0 bridgehead atoms. The van der Waals surface area contributed by atoms with Gasteiger partial charge in [0.2, 0.25) is 5.91 Å². The molecule has 0 aliphatic carbocycles. The highest BCUT2D eigenvalue weighted by Crippen LogP contribution is 2.16. The second kappa shape index (κ2) is 4.93. The average Bonchev–Trinajstić information content (AvgIpc) is 2.19. The van der Waals surface area contributed by atoms with Gasteiger partial charge >= 0.3 is 0 Å². The Labute approximate surface area is 82.2 Å². The molecule has 0 spiro atoms. The summed E-state index contributed by atoms with van der Waals surface area (Å²) in [6.45, 7) is 1.68. The molecule has 70 valence electrons. The maximum atomic E-state index is 11.4. The molecule has 0 aromatic rings. The third kappa shape index (κ3) is 3.11. The summed E-state index contributed by atoms with van der Waals surface area (Å²) in [4.78, 5) is 11.4. The van der Waals surface area contributed by atoms with Crippen LogP contribution in [0.4, 0.5) is 0 Å². The molecule has 4 heteroatoms. The SMILES string of the molecule is C[C@H](C#N)NC(=O)C1=CCCSC1. The minimum Gasteiger partial charge on any atom is -0.337 e. The number of carbonyl (C=O) groups is 1. The Balaban J connectivity index is 2.48. The van der Waals surface area contributed by atoms with Crippen LogP contribution in [0.25, 0.3) is 0 Å². The molecule has 0 fully saturated rings. The lowest BCUT2D eigenvalue weighted by atomic mass is 10.2. The highest BCUT2D eigenvalue weighted by molar-refractivity contribution is 7.99. The fourth-order valence-electron chi connectivity index (χ4n) is 1.04. The number of carbonyl (C=O) groups excluding carboxylic acids is 1. The molecule has 0 saturated carbocycles. The number of hydrogen-bond acceptors (Lipinski definition) is 3. The molecule has 0 aromatic heterocycles. The van der Waals surface area contributed by atoms with Crippen molar-refractivity contribution in [3.05, 3.63) is 11.6 Å². The number of thioether (sulfide) groups is 1. The predicted octanol–water partition coefficient (Wildman–Crippen LogP) is 1.08. The quantitative estimate of drug-likeness (QED) is 0.719. The van der Waals surface area contributed by atoms with Gasteiger partial charge in [-0.2, -0.15) is 17.0 Å². The number of nitrogens with one attached hydrogen (secondary N) is 1. The number of rotatable bonds is 2. The van der Waals surface area contributed by atoms with Gasteiger partial charge in [-0.15, -0.1) is 0 Å². The summed E-state index contributed by atoms with van der Waals surface area (Å²) in [6.07, 6.45) is 2.91. The van der Waals surface area contributed by atoms with E-state index in [-0.39, 0.29) is 5.91 Å². The molecule has 1 atom stereocenters. The number of amides is 1. The number of allylic oxidation sites excluding steroid dienone is 1. The second-order valence-electron chi connectivity index (χ2n) is 2.89. The molecule has 1 heterocycles. The van der Waals surface area contributed by atoms with E-state index in [9.17, 15) is 4.79 Å². The Morgan fingerprint density at radius 2 is 2.62 bits per heavy atom. The molecule has 1 N–H and O–H groups in total. The first kappa shape index (κ1) is 10.1. The Hall–Kier alpha value is -0.950. The molecule has 3 nitrogen and oxygen atoms in total. The third-order valence-electron chi connectivity index (χ3n) is 1.74. The van der Waals surface area contributed by atoms with Crippen molar-refractivity contribution in [2.75, 3.05) is 11.5 Å². The first-order chi connectivity index (χ1) is 6.24. The minimum atomic E-state index is -0.402. The lowest BCUT2D eigenvalue weighted by Crippen LogP contribution is -2.33. The molecule has 1 aliphatic rings. The van der Waals surface area contributed by atoms with Crippen LogP contribution in [-0.2, 0) is 4.79 Å². The van der Waals surface area contributed by atoms with E-state index in [1.807, 2.05) is 12.1 Å². The molecule has 0 aromatic carbocycles. The number of nitrogens with zero attached hydrogens (tertiary/aromatic N) is 1. The third-order valence-corrected chi connectivity index (χ3v) is 2.78. The van der Waals surface area contributed by atoms with Crippen molar-refractivity contribution in [1.82, 2.24) is 5.32 Å². The zero-order valence-corrected chi connectivity index (χ0v) is 8.36. The first-order valence-electron chi connectivity index (χ1n) is 4.21. The van der Waals surface area contributed by atoms with Crippen molar-refractivity contribution in [2.45, 2.75) is 19.4 Å². The van der Waals surface area contributed by atoms with E-state index in [4.69, 9.17) is 5.26 Å². The summed E-state index contributed by atoms with van der Waals surface area (Å²) in [5.41, 5.74) is 0.804. The summed E-state index contributed by atoms with van der Waals surface area (Å²) in [5.74, 6) is 1.76. The summed E-state index contributed by atoms with van der Waals surface area (Å²) in [6, 6.07) is 1.57. The van der Waals surface area contributed by atoms with E-state index in [0.717, 1.165) is 23.5 Å². The highest BCUT2D eigenvalue weighted by atomic mass is 32.2. The molecular weight excluding hydrogens is 184 g/mol. The number of hydrogen-bond donors (Lipinski definition) is 1. The van der Waals surface area contributed by atoms with Crippen molar-refractivity contribution in [3.8, 4) is 6.07 Å². The fourth-order valence-corrected chi connectivity index (χ4v) is 1.94.